The second-order valence-electron chi connectivity index (χ2n) is 18.4. The van der Waals surface area contributed by atoms with E-state index in [0.29, 0.717) is 35.1 Å². The molecule has 5 aliphatic rings. The highest BCUT2D eigenvalue weighted by Gasteiger charge is 2.77. The topological polar surface area (TPSA) is 51.2 Å². The Balaban J connectivity index is 1.62. The summed E-state index contributed by atoms with van der Waals surface area (Å²) in [6.07, 6.45) is 15.3. The van der Waals surface area contributed by atoms with E-state index in [-0.39, 0.29) is 34.2 Å². The zero-order valence-corrected chi connectivity index (χ0v) is 33.6. The zero-order chi connectivity index (χ0) is 33.7. The number of cyclic esters (lactones) is 1. The number of carbonyl (C=O) groups is 1. The van der Waals surface area contributed by atoms with Gasteiger partial charge in [0.15, 0.2) is 22.7 Å². The van der Waals surface area contributed by atoms with Gasteiger partial charge in [0.1, 0.15) is 5.54 Å². The number of rotatable bonds is 9. The van der Waals surface area contributed by atoms with E-state index in [4.69, 9.17) is 13.6 Å². The normalized spacial score (nSPS) is 35.2. The van der Waals surface area contributed by atoms with Gasteiger partial charge in [0.25, 0.3) is 0 Å². The molecule has 0 aromatic heterocycles. The Morgan fingerprint density at radius 1 is 0.935 bits per heavy atom. The van der Waals surface area contributed by atoms with Crippen molar-refractivity contribution < 1.29 is 18.4 Å². The van der Waals surface area contributed by atoms with Crippen molar-refractivity contribution in [2.24, 2.45) is 17.3 Å². The SMILES string of the molecule is CC(C)[Si](OC[C@@]12CCC/C=C\CCCCCN3CC[C@H]4[C@H](CN5C(=O)O[C@H](CO[Si](C)(C)C(C)(C)C)[C@@]45[C@@H]31)C2)(C(C)C)C(C)C. The van der Waals surface area contributed by atoms with Crippen molar-refractivity contribution in [3.63, 3.8) is 0 Å². The van der Waals surface area contributed by atoms with Crippen LogP contribution in [0.25, 0.3) is 0 Å². The van der Waals surface area contributed by atoms with E-state index in [1.54, 1.807) is 0 Å². The van der Waals surface area contributed by atoms with Crippen LogP contribution in [0.4, 0.5) is 4.79 Å². The Morgan fingerprint density at radius 3 is 2.22 bits per heavy atom. The maximum absolute atomic E-state index is 14.0. The molecule has 8 heteroatoms. The largest absolute Gasteiger partial charge is 0.441 e. The summed E-state index contributed by atoms with van der Waals surface area (Å²) in [5.41, 5.74) is 1.30. The van der Waals surface area contributed by atoms with Crippen LogP contribution in [-0.4, -0.2) is 83.1 Å². The lowest BCUT2D eigenvalue weighted by atomic mass is 9.51. The van der Waals surface area contributed by atoms with Gasteiger partial charge in [-0.3, -0.25) is 9.80 Å². The van der Waals surface area contributed by atoms with E-state index in [1.165, 1.54) is 38.5 Å². The van der Waals surface area contributed by atoms with Gasteiger partial charge in [0.2, 0.25) is 0 Å². The van der Waals surface area contributed by atoms with Gasteiger partial charge in [0.05, 0.1) is 6.61 Å². The van der Waals surface area contributed by atoms with Crippen LogP contribution in [0.2, 0.25) is 34.8 Å². The molecule has 1 amide bonds. The van der Waals surface area contributed by atoms with Crippen molar-refractivity contribution >= 4 is 22.7 Å². The predicted octanol–water partition coefficient (Wildman–Crippen LogP) is 9.77. The van der Waals surface area contributed by atoms with Gasteiger partial charge in [-0.2, -0.15) is 0 Å². The molecule has 6 nitrogen and oxygen atoms in total. The zero-order valence-electron chi connectivity index (χ0n) is 31.6. The third-order valence-corrected chi connectivity index (χ3v) is 24.6. The highest BCUT2D eigenvalue weighted by molar-refractivity contribution is 6.77. The molecule has 0 radical (unpaired) electrons. The van der Waals surface area contributed by atoms with Gasteiger partial charge in [-0.1, -0.05) is 80.9 Å². The highest BCUT2D eigenvalue weighted by Crippen LogP contribution is 2.65. The number of hydrogen-bond donors (Lipinski definition) is 0. The smallest absolute Gasteiger partial charge is 0.410 e. The average Bonchev–Trinajstić information content (AvgIpc) is 3.36. The van der Waals surface area contributed by atoms with Gasteiger partial charge in [-0.05, 0) is 111 Å². The third-order valence-electron chi connectivity index (χ3n) is 14.1. The third kappa shape index (κ3) is 6.04. The van der Waals surface area contributed by atoms with Crippen LogP contribution in [0.15, 0.2) is 12.2 Å². The Morgan fingerprint density at radius 2 is 1.59 bits per heavy atom. The van der Waals surface area contributed by atoms with Crippen molar-refractivity contribution in [3.05, 3.63) is 12.2 Å². The van der Waals surface area contributed by atoms with Crippen LogP contribution < -0.4 is 0 Å². The molecule has 1 aliphatic carbocycles. The summed E-state index contributed by atoms with van der Waals surface area (Å²) in [6, 6.07) is 0.236. The molecule has 1 spiro atoms. The lowest BCUT2D eigenvalue weighted by molar-refractivity contribution is -0.157. The summed E-state index contributed by atoms with van der Waals surface area (Å²) in [5.74, 6) is 0.976. The Labute approximate surface area is 285 Å². The van der Waals surface area contributed by atoms with Gasteiger partial charge in [0, 0.05) is 24.6 Å². The molecule has 3 saturated heterocycles. The Kier molecular flexibility index (Phi) is 10.8. The molecule has 4 heterocycles. The van der Waals surface area contributed by atoms with Crippen LogP contribution in [0.5, 0.6) is 0 Å². The first-order valence-electron chi connectivity index (χ1n) is 19.2. The number of allylic oxidation sites excluding steroid dienone is 2. The molecule has 46 heavy (non-hydrogen) atoms. The van der Waals surface area contributed by atoms with Crippen molar-refractivity contribution in [1.82, 2.24) is 9.80 Å². The van der Waals surface area contributed by atoms with E-state index < -0.39 is 16.6 Å². The first kappa shape index (κ1) is 36.6. The maximum Gasteiger partial charge on any atom is 0.410 e. The summed E-state index contributed by atoms with van der Waals surface area (Å²) < 4.78 is 21.2. The monoisotopic (exact) mass is 674 g/mol. The minimum Gasteiger partial charge on any atom is -0.441 e. The lowest BCUT2D eigenvalue weighted by Crippen LogP contribution is -2.76. The van der Waals surface area contributed by atoms with Crippen molar-refractivity contribution in [2.75, 3.05) is 32.8 Å². The fourth-order valence-corrected chi connectivity index (χ4v) is 17.7. The summed E-state index contributed by atoms with van der Waals surface area (Å²) in [7, 11) is -4.15. The molecule has 0 N–H and O–H groups in total. The number of piperidine rings is 1. The Hall–Kier alpha value is -0.676. The van der Waals surface area contributed by atoms with E-state index in [0.717, 1.165) is 45.5 Å². The maximum atomic E-state index is 14.0. The molecule has 0 aromatic rings. The van der Waals surface area contributed by atoms with E-state index in [2.05, 4.69) is 97.4 Å². The summed E-state index contributed by atoms with van der Waals surface area (Å²) in [4.78, 5) is 19.1. The van der Waals surface area contributed by atoms with Crippen molar-refractivity contribution in [3.8, 4) is 0 Å². The van der Waals surface area contributed by atoms with Gasteiger partial charge in [-0.15, -0.1) is 0 Å². The first-order valence-corrected chi connectivity index (χ1v) is 24.2. The number of amides is 1. The average molecular weight is 675 g/mol. The molecular weight excluding hydrogens is 605 g/mol. The molecule has 4 aliphatic heterocycles. The van der Waals surface area contributed by atoms with Crippen LogP contribution >= 0.6 is 0 Å². The van der Waals surface area contributed by atoms with Gasteiger partial charge >= 0.3 is 6.09 Å². The van der Waals surface area contributed by atoms with Crippen LogP contribution in [0, 0.1) is 17.3 Å². The highest BCUT2D eigenvalue weighted by atomic mass is 28.4. The summed E-state index contributed by atoms with van der Waals surface area (Å²) >= 11 is 0. The lowest BCUT2D eigenvalue weighted by Gasteiger charge is -2.64. The first-order chi connectivity index (χ1) is 21.5. The molecule has 4 bridgehead atoms. The van der Waals surface area contributed by atoms with Crippen molar-refractivity contribution in [1.29, 1.82) is 0 Å². The number of carbonyl (C=O) groups excluding carboxylic acids is 1. The van der Waals surface area contributed by atoms with Crippen LogP contribution in [-0.2, 0) is 13.6 Å². The molecule has 0 unspecified atom stereocenters. The van der Waals surface area contributed by atoms with Crippen LogP contribution in [0.3, 0.4) is 0 Å². The van der Waals surface area contributed by atoms with E-state index in [1.807, 2.05) is 0 Å². The van der Waals surface area contributed by atoms with Gasteiger partial charge < -0.3 is 13.6 Å². The van der Waals surface area contributed by atoms with Crippen molar-refractivity contribution in [2.45, 2.75) is 173 Å². The second-order valence-corrected chi connectivity index (χ2v) is 28.7. The van der Waals surface area contributed by atoms with E-state index >= 15 is 0 Å². The second kappa shape index (κ2) is 13.6. The van der Waals surface area contributed by atoms with E-state index in [9.17, 15) is 4.79 Å². The molecule has 4 fully saturated rings. The minimum absolute atomic E-state index is 0.0155. The molecular formula is C38H70N2O4Si2. The Bertz CT molecular complexity index is 1080. The standard InChI is InChI=1S/C38H70N2O4Si2/c1-28(2)46(29(3)4,30(5)6)43-27-37-21-18-16-14-12-13-15-17-19-22-39-23-20-32-31(24-37)25-40-35(41)44-33(38(32,40)34(37)39)26-42-45(10,11)36(7,8)9/h12,14,28-34H,13,15-27H2,1-11H3/b14-12-/t31-,32-,33+,34-,37-,38+/m0/s1. The quantitative estimate of drug-likeness (QED) is 0.180. The molecule has 6 atom stereocenters. The molecule has 264 valence electrons. The summed E-state index contributed by atoms with van der Waals surface area (Å²) in [5, 5.41) is 0.107. The number of hydrogen-bond acceptors (Lipinski definition) is 5. The predicted molar refractivity (Wildman–Crippen MR) is 195 cm³/mol. The molecule has 1 saturated carbocycles. The van der Waals surface area contributed by atoms with Gasteiger partial charge in [-0.25, -0.2) is 4.79 Å². The minimum atomic E-state index is -2.11. The number of nitrogens with zero attached hydrogens (tertiary/aromatic N) is 2. The molecule has 5 rings (SSSR count). The summed E-state index contributed by atoms with van der Waals surface area (Å²) in [6.45, 7) is 30.6. The fraction of sp³-hybridized carbons (Fsp3) is 0.921. The number of ether oxygens (including phenoxy) is 1. The molecule has 0 aromatic carbocycles. The van der Waals surface area contributed by atoms with Crippen LogP contribution in [0.1, 0.15) is 120 Å². The fourth-order valence-electron chi connectivity index (χ4n) is 11.1.